The molecule has 0 radical (unpaired) electrons. The van der Waals surface area contributed by atoms with E-state index in [1.165, 1.54) is 24.8 Å². The molecule has 1 spiro atoms. The Hall–Kier alpha value is -0.900. The summed E-state index contributed by atoms with van der Waals surface area (Å²) in [6.07, 6.45) is 4.40. The molecular formula is C18H27NO2. The Bertz CT molecular complexity index is 470. The maximum Gasteiger partial charge on any atom is 0.0689 e. The van der Waals surface area contributed by atoms with E-state index >= 15 is 0 Å². The minimum atomic E-state index is -0.279. The van der Waals surface area contributed by atoms with Crippen molar-refractivity contribution in [2.75, 3.05) is 26.3 Å². The molecule has 1 aliphatic heterocycles. The third kappa shape index (κ3) is 3.15. The lowest BCUT2D eigenvalue weighted by atomic mass is 9.61. The molecule has 1 N–H and O–H groups in total. The fourth-order valence-electron chi connectivity index (χ4n) is 3.90. The van der Waals surface area contributed by atoms with Crippen LogP contribution in [0.4, 0.5) is 0 Å². The lowest BCUT2D eigenvalue weighted by Crippen LogP contribution is -2.51. The summed E-state index contributed by atoms with van der Waals surface area (Å²) in [6, 6.07) is 8.89. The molecule has 1 aromatic carbocycles. The van der Waals surface area contributed by atoms with E-state index in [0.29, 0.717) is 12.0 Å². The molecule has 1 saturated carbocycles. The highest BCUT2D eigenvalue weighted by molar-refractivity contribution is 5.38. The zero-order chi connectivity index (χ0) is 14.7. The predicted octanol–water partition coefficient (Wildman–Crippen LogP) is 2.71. The second kappa shape index (κ2) is 6.47. The highest BCUT2D eigenvalue weighted by atomic mass is 16.5. The Kier molecular flexibility index (Phi) is 4.63. The zero-order valence-corrected chi connectivity index (χ0v) is 13.1. The number of nitrogens with zero attached hydrogens (tertiary/aromatic N) is 1. The molecule has 3 heteroatoms. The molecule has 21 heavy (non-hydrogen) atoms. The maximum absolute atomic E-state index is 10.2. The largest absolute Gasteiger partial charge is 0.392 e. The summed E-state index contributed by atoms with van der Waals surface area (Å²) < 4.78 is 5.34. The number of rotatable bonds is 6. The summed E-state index contributed by atoms with van der Waals surface area (Å²) in [4.78, 5) is 2.44. The first-order valence-electron chi connectivity index (χ1n) is 8.30. The van der Waals surface area contributed by atoms with Crippen molar-refractivity contribution in [3.63, 3.8) is 0 Å². The Morgan fingerprint density at radius 2 is 2.14 bits per heavy atom. The van der Waals surface area contributed by atoms with Crippen LogP contribution in [0.2, 0.25) is 0 Å². The van der Waals surface area contributed by atoms with Gasteiger partial charge < -0.3 is 9.84 Å². The molecule has 0 aromatic heterocycles. The molecule has 1 aliphatic carbocycles. The standard InChI is InChI=1S/C18H27NO2/c1-2-21-11-8-16(20)13-19-12-15-6-3-4-7-17(15)18(14-19)9-5-10-18/h3-4,6-7,16,20H,2,5,8-14H2,1H3. The Morgan fingerprint density at radius 3 is 2.86 bits per heavy atom. The number of hydrogen-bond donors (Lipinski definition) is 1. The zero-order valence-electron chi connectivity index (χ0n) is 13.1. The molecule has 1 fully saturated rings. The SMILES string of the molecule is CCOCCC(O)CN1Cc2ccccc2C2(CCC2)C1. The minimum absolute atomic E-state index is 0.279. The summed E-state index contributed by atoms with van der Waals surface area (Å²) in [5, 5.41) is 10.2. The summed E-state index contributed by atoms with van der Waals surface area (Å²) in [7, 11) is 0. The third-order valence-electron chi connectivity index (χ3n) is 5.09. The van der Waals surface area contributed by atoms with Crippen LogP contribution >= 0.6 is 0 Å². The van der Waals surface area contributed by atoms with Crippen molar-refractivity contribution >= 4 is 0 Å². The van der Waals surface area contributed by atoms with E-state index in [2.05, 4.69) is 29.2 Å². The van der Waals surface area contributed by atoms with Gasteiger partial charge in [-0.1, -0.05) is 30.7 Å². The average molecular weight is 289 g/mol. The van der Waals surface area contributed by atoms with Crippen LogP contribution < -0.4 is 0 Å². The molecule has 0 bridgehead atoms. The number of fused-ring (bicyclic) bond motifs is 2. The van der Waals surface area contributed by atoms with E-state index in [9.17, 15) is 5.11 Å². The first-order chi connectivity index (χ1) is 10.2. The molecule has 3 nitrogen and oxygen atoms in total. The van der Waals surface area contributed by atoms with Crippen molar-refractivity contribution in [3.05, 3.63) is 35.4 Å². The van der Waals surface area contributed by atoms with Crippen LogP contribution in [-0.4, -0.2) is 42.4 Å². The first kappa shape index (κ1) is 15.0. The number of ether oxygens (including phenoxy) is 1. The van der Waals surface area contributed by atoms with Gasteiger partial charge in [-0.25, -0.2) is 0 Å². The minimum Gasteiger partial charge on any atom is -0.392 e. The fraction of sp³-hybridized carbons (Fsp3) is 0.667. The highest BCUT2D eigenvalue weighted by Gasteiger charge is 2.44. The van der Waals surface area contributed by atoms with Gasteiger partial charge in [0.05, 0.1) is 6.10 Å². The molecule has 3 rings (SSSR count). The average Bonchev–Trinajstić information content (AvgIpc) is 2.45. The summed E-state index contributed by atoms with van der Waals surface area (Å²) in [6.45, 7) is 6.23. The Morgan fingerprint density at radius 1 is 1.33 bits per heavy atom. The molecule has 1 heterocycles. The van der Waals surface area contributed by atoms with Crippen LogP contribution in [0, 0.1) is 0 Å². The summed E-state index contributed by atoms with van der Waals surface area (Å²) in [5.41, 5.74) is 3.39. The first-order valence-corrected chi connectivity index (χ1v) is 8.30. The van der Waals surface area contributed by atoms with Gasteiger partial charge in [0.1, 0.15) is 0 Å². The molecule has 1 atom stereocenters. The predicted molar refractivity (Wildman–Crippen MR) is 84.4 cm³/mol. The molecule has 1 unspecified atom stereocenters. The van der Waals surface area contributed by atoms with Crippen LogP contribution in [0.25, 0.3) is 0 Å². The smallest absolute Gasteiger partial charge is 0.0689 e. The number of β-amino-alcohol motifs (C(OH)–C–C–N with tert-alkyl or cyclic N) is 1. The van der Waals surface area contributed by atoms with Gasteiger partial charge in [-0.3, -0.25) is 4.90 Å². The van der Waals surface area contributed by atoms with Gasteiger partial charge in [-0.2, -0.15) is 0 Å². The van der Waals surface area contributed by atoms with Crippen molar-refractivity contribution in [2.24, 2.45) is 0 Å². The van der Waals surface area contributed by atoms with Gasteiger partial charge >= 0.3 is 0 Å². The van der Waals surface area contributed by atoms with E-state index in [0.717, 1.165) is 32.7 Å². The van der Waals surface area contributed by atoms with E-state index in [1.807, 2.05) is 6.92 Å². The van der Waals surface area contributed by atoms with Gasteiger partial charge in [0, 0.05) is 38.3 Å². The monoisotopic (exact) mass is 289 g/mol. The quantitative estimate of drug-likeness (QED) is 0.817. The summed E-state index contributed by atoms with van der Waals surface area (Å²) in [5.74, 6) is 0. The topological polar surface area (TPSA) is 32.7 Å². The highest BCUT2D eigenvalue weighted by Crippen LogP contribution is 2.48. The maximum atomic E-state index is 10.2. The Balaban J connectivity index is 1.64. The molecule has 0 saturated heterocycles. The van der Waals surface area contributed by atoms with E-state index < -0.39 is 0 Å². The number of aliphatic hydroxyl groups is 1. The van der Waals surface area contributed by atoms with Gasteiger partial charge in [0.15, 0.2) is 0 Å². The van der Waals surface area contributed by atoms with Crippen molar-refractivity contribution in [1.29, 1.82) is 0 Å². The van der Waals surface area contributed by atoms with Crippen LogP contribution in [0.3, 0.4) is 0 Å². The Labute approximate surface area is 127 Å². The van der Waals surface area contributed by atoms with Crippen LogP contribution in [0.15, 0.2) is 24.3 Å². The lowest BCUT2D eigenvalue weighted by Gasteiger charge is -2.50. The van der Waals surface area contributed by atoms with Crippen molar-refractivity contribution in [3.8, 4) is 0 Å². The number of hydrogen-bond acceptors (Lipinski definition) is 3. The van der Waals surface area contributed by atoms with E-state index in [1.54, 1.807) is 5.56 Å². The normalized spacial score (nSPS) is 21.8. The van der Waals surface area contributed by atoms with Gasteiger partial charge in [0.25, 0.3) is 0 Å². The molecule has 2 aliphatic rings. The fourth-order valence-corrected chi connectivity index (χ4v) is 3.90. The molecular weight excluding hydrogens is 262 g/mol. The van der Waals surface area contributed by atoms with Crippen LogP contribution in [0.1, 0.15) is 43.7 Å². The second-order valence-corrected chi connectivity index (χ2v) is 6.60. The molecule has 0 amide bonds. The van der Waals surface area contributed by atoms with Crippen molar-refractivity contribution in [1.82, 2.24) is 4.90 Å². The number of aliphatic hydroxyl groups excluding tert-OH is 1. The van der Waals surface area contributed by atoms with E-state index in [4.69, 9.17) is 4.74 Å². The van der Waals surface area contributed by atoms with Crippen LogP contribution in [0.5, 0.6) is 0 Å². The van der Waals surface area contributed by atoms with Crippen molar-refractivity contribution < 1.29 is 9.84 Å². The summed E-state index contributed by atoms with van der Waals surface area (Å²) >= 11 is 0. The van der Waals surface area contributed by atoms with Gasteiger partial charge in [-0.15, -0.1) is 0 Å². The van der Waals surface area contributed by atoms with Gasteiger partial charge in [-0.05, 0) is 37.3 Å². The molecule has 116 valence electrons. The number of benzene rings is 1. The van der Waals surface area contributed by atoms with E-state index in [-0.39, 0.29) is 6.10 Å². The second-order valence-electron chi connectivity index (χ2n) is 6.60. The third-order valence-corrected chi connectivity index (χ3v) is 5.09. The van der Waals surface area contributed by atoms with Crippen molar-refractivity contribution in [2.45, 2.75) is 50.7 Å². The molecule has 1 aromatic rings. The van der Waals surface area contributed by atoms with Gasteiger partial charge in [0.2, 0.25) is 0 Å². The lowest BCUT2D eigenvalue weighted by molar-refractivity contribution is 0.0385. The van der Waals surface area contributed by atoms with Crippen LogP contribution in [-0.2, 0) is 16.7 Å².